The van der Waals surface area contributed by atoms with Gasteiger partial charge >= 0.3 is 0 Å². The van der Waals surface area contributed by atoms with Crippen LogP contribution in [-0.2, 0) is 9.59 Å². The molecule has 3 heteroatoms. The number of allylic oxidation sites excluding steroid dienone is 1. The zero-order chi connectivity index (χ0) is 10.5. The van der Waals surface area contributed by atoms with E-state index < -0.39 is 0 Å². The molecule has 0 bridgehead atoms. The fourth-order valence-corrected chi connectivity index (χ4v) is 1.48. The SMILES string of the molecule is C=CC(=O)CCSC(=O)C(C)(C)C. The van der Waals surface area contributed by atoms with Crippen molar-refractivity contribution in [3.05, 3.63) is 12.7 Å². The second kappa shape index (κ2) is 5.22. The van der Waals surface area contributed by atoms with E-state index in [0.717, 1.165) is 0 Å². The molecule has 0 rings (SSSR count). The van der Waals surface area contributed by atoms with Gasteiger partial charge in [-0.05, 0) is 6.08 Å². The molecule has 0 aliphatic heterocycles. The third kappa shape index (κ3) is 5.64. The quantitative estimate of drug-likeness (QED) is 0.654. The molecule has 0 aliphatic carbocycles. The summed E-state index contributed by atoms with van der Waals surface area (Å²) in [5, 5.41) is 0.129. The topological polar surface area (TPSA) is 34.1 Å². The van der Waals surface area contributed by atoms with E-state index in [4.69, 9.17) is 0 Å². The Hall–Kier alpha value is -0.570. The van der Waals surface area contributed by atoms with Gasteiger partial charge in [0.25, 0.3) is 0 Å². The van der Waals surface area contributed by atoms with Gasteiger partial charge in [0.1, 0.15) is 0 Å². The first kappa shape index (κ1) is 12.4. The Kier molecular flexibility index (Phi) is 4.99. The number of rotatable bonds is 4. The van der Waals surface area contributed by atoms with Crippen LogP contribution in [-0.4, -0.2) is 16.7 Å². The molecule has 0 atom stereocenters. The molecule has 0 radical (unpaired) electrons. The van der Waals surface area contributed by atoms with Crippen LogP contribution in [0.2, 0.25) is 0 Å². The minimum absolute atomic E-state index is 0.00536. The van der Waals surface area contributed by atoms with E-state index in [1.54, 1.807) is 0 Å². The average Bonchev–Trinajstić information content (AvgIpc) is 2.02. The van der Waals surface area contributed by atoms with Crippen molar-refractivity contribution in [3.8, 4) is 0 Å². The van der Waals surface area contributed by atoms with Crippen molar-refractivity contribution in [2.24, 2.45) is 5.41 Å². The van der Waals surface area contributed by atoms with Gasteiger partial charge in [-0.15, -0.1) is 0 Å². The van der Waals surface area contributed by atoms with Gasteiger partial charge in [0.05, 0.1) is 0 Å². The highest BCUT2D eigenvalue weighted by atomic mass is 32.2. The van der Waals surface area contributed by atoms with Crippen LogP contribution in [0.3, 0.4) is 0 Å². The van der Waals surface area contributed by atoms with E-state index in [9.17, 15) is 9.59 Å². The largest absolute Gasteiger partial charge is 0.295 e. The van der Waals surface area contributed by atoms with Crippen LogP contribution in [0.15, 0.2) is 12.7 Å². The number of hydrogen-bond acceptors (Lipinski definition) is 3. The predicted molar refractivity (Wildman–Crippen MR) is 56.7 cm³/mol. The molecule has 0 saturated heterocycles. The maximum Gasteiger partial charge on any atom is 0.194 e. The minimum atomic E-state index is -0.318. The lowest BCUT2D eigenvalue weighted by Crippen LogP contribution is -2.17. The summed E-state index contributed by atoms with van der Waals surface area (Å²) < 4.78 is 0. The van der Waals surface area contributed by atoms with Gasteiger partial charge in [0.2, 0.25) is 0 Å². The van der Waals surface area contributed by atoms with E-state index in [1.165, 1.54) is 17.8 Å². The third-order valence-corrected chi connectivity index (χ3v) is 2.70. The maximum absolute atomic E-state index is 11.4. The zero-order valence-corrected chi connectivity index (χ0v) is 9.24. The Bertz CT molecular complexity index is 213. The third-order valence-electron chi connectivity index (χ3n) is 1.42. The molecular formula is C10H16O2S. The molecule has 0 aromatic rings. The monoisotopic (exact) mass is 200 g/mol. The van der Waals surface area contributed by atoms with Crippen molar-refractivity contribution >= 4 is 22.7 Å². The van der Waals surface area contributed by atoms with Gasteiger partial charge in [-0.2, -0.15) is 0 Å². The minimum Gasteiger partial charge on any atom is -0.295 e. The molecular weight excluding hydrogens is 184 g/mol. The molecule has 0 aromatic heterocycles. The fourth-order valence-electron chi connectivity index (χ4n) is 0.563. The van der Waals surface area contributed by atoms with Crippen molar-refractivity contribution in [1.82, 2.24) is 0 Å². The van der Waals surface area contributed by atoms with Crippen molar-refractivity contribution in [3.63, 3.8) is 0 Å². The molecule has 74 valence electrons. The Morgan fingerprint density at radius 3 is 2.31 bits per heavy atom. The van der Waals surface area contributed by atoms with E-state index in [2.05, 4.69) is 6.58 Å². The number of carbonyl (C=O) groups excluding carboxylic acids is 2. The van der Waals surface area contributed by atoms with Crippen LogP contribution in [0, 0.1) is 5.41 Å². The van der Waals surface area contributed by atoms with E-state index in [-0.39, 0.29) is 16.3 Å². The summed E-state index contributed by atoms with van der Waals surface area (Å²) in [7, 11) is 0. The molecule has 0 aliphatic rings. The zero-order valence-electron chi connectivity index (χ0n) is 8.42. The van der Waals surface area contributed by atoms with Crippen molar-refractivity contribution in [1.29, 1.82) is 0 Å². The number of hydrogen-bond donors (Lipinski definition) is 0. The first-order valence-electron chi connectivity index (χ1n) is 4.20. The molecule has 13 heavy (non-hydrogen) atoms. The van der Waals surface area contributed by atoms with Crippen molar-refractivity contribution in [2.45, 2.75) is 27.2 Å². The molecule has 2 nitrogen and oxygen atoms in total. The molecule has 0 aromatic carbocycles. The van der Waals surface area contributed by atoms with Crippen LogP contribution in [0.25, 0.3) is 0 Å². The van der Waals surface area contributed by atoms with Crippen LogP contribution in [0.5, 0.6) is 0 Å². The summed E-state index contributed by atoms with van der Waals surface area (Å²) in [5.74, 6) is 0.551. The first-order valence-corrected chi connectivity index (χ1v) is 5.19. The lowest BCUT2D eigenvalue weighted by molar-refractivity contribution is -0.117. The smallest absolute Gasteiger partial charge is 0.194 e. The first-order chi connectivity index (χ1) is 5.88. The van der Waals surface area contributed by atoms with Gasteiger partial charge in [0, 0.05) is 17.6 Å². The second-order valence-corrected chi connectivity index (χ2v) is 4.87. The predicted octanol–water partition coefficient (Wildman–Crippen LogP) is 2.44. The highest BCUT2D eigenvalue weighted by Crippen LogP contribution is 2.23. The lowest BCUT2D eigenvalue weighted by Gasteiger charge is -2.14. The van der Waals surface area contributed by atoms with Gasteiger partial charge in [0.15, 0.2) is 10.9 Å². The average molecular weight is 200 g/mol. The molecule has 0 saturated carbocycles. The van der Waals surface area contributed by atoms with Crippen molar-refractivity contribution < 1.29 is 9.59 Å². The summed E-state index contributed by atoms with van der Waals surface area (Å²) in [6, 6.07) is 0. The normalized spacial score (nSPS) is 11.0. The Morgan fingerprint density at radius 1 is 1.38 bits per heavy atom. The summed E-state index contributed by atoms with van der Waals surface area (Å²) in [6.07, 6.45) is 1.69. The summed E-state index contributed by atoms with van der Waals surface area (Å²) in [5.41, 5.74) is -0.318. The highest BCUT2D eigenvalue weighted by Gasteiger charge is 2.21. The van der Waals surface area contributed by atoms with Gasteiger partial charge < -0.3 is 0 Å². The lowest BCUT2D eigenvalue weighted by atomic mass is 10.00. The standard InChI is InChI=1S/C10H16O2S/c1-5-8(11)6-7-13-9(12)10(2,3)4/h5H,1,6-7H2,2-4H3. The molecule has 0 amide bonds. The van der Waals surface area contributed by atoms with Crippen molar-refractivity contribution in [2.75, 3.05) is 5.75 Å². The van der Waals surface area contributed by atoms with Crippen LogP contribution >= 0.6 is 11.8 Å². The van der Waals surface area contributed by atoms with Gasteiger partial charge in [-0.25, -0.2) is 0 Å². The maximum atomic E-state index is 11.4. The van der Waals surface area contributed by atoms with Crippen LogP contribution in [0.1, 0.15) is 27.2 Å². The second-order valence-electron chi connectivity index (χ2n) is 3.81. The number of ketones is 1. The Balaban J connectivity index is 3.73. The summed E-state index contributed by atoms with van der Waals surface area (Å²) >= 11 is 1.22. The van der Waals surface area contributed by atoms with E-state index in [1.807, 2.05) is 20.8 Å². The summed E-state index contributed by atoms with van der Waals surface area (Å²) in [4.78, 5) is 22.2. The Morgan fingerprint density at radius 2 is 1.92 bits per heavy atom. The molecule has 0 heterocycles. The molecule has 0 unspecified atom stereocenters. The van der Waals surface area contributed by atoms with Crippen LogP contribution < -0.4 is 0 Å². The van der Waals surface area contributed by atoms with E-state index in [0.29, 0.717) is 12.2 Å². The van der Waals surface area contributed by atoms with E-state index >= 15 is 0 Å². The van der Waals surface area contributed by atoms with Crippen LogP contribution in [0.4, 0.5) is 0 Å². The number of thioether (sulfide) groups is 1. The summed E-state index contributed by atoms with van der Waals surface area (Å²) in [6.45, 7) is 8.98. The number of carbonyl (C=O) groups is 2. The highest BCUT2D eigenvalue weighted by molar-refractivity contribution is 8.13. The van der Waals surface area contributed by atoms with Gasteiger partial charge in [-0.1, -0.05) is 39.1 Å². The molecule has 0 spiro atoms. The molecule has 0 N–H and O–H groups in total. The fraction of sp³-hybridized carbons (Fsp3) is 0.600. The molecule has 0 fully saturated rings. The van der Waals surface area contributed by atoms with Gasteiger partial charge in [-0.3, -0.25) is 9.59 Å². The Labute approximate surface area is 83.8 Å².